The van der Waals surface area contributed by atoms with Gasteiger partial charge in [0.05, 0.1) is 16.7 Å². The Labute approximate surface area is 274 Å². The van der Waals surface area contributed by atoms with Crippen LogP contribution in [0.1, 0.15) is 121 Å². The summed E-state index contributed by atoms with van der Waals surface area (Å²) in [4.78, 5) is 39.0. The van der Waals surface area contributed by atoms with Crippen molar-refractivity contribution < 1.29 is 33.7 Å². The first kappa shape index (κ1) is 36.5. The highest BCUT2D eigenvalue weighted by molar-refractivity contribution is 5.90. The van der Waals surface area contributed by atoms with Gasteiger partial charge in [0, 0.05) is 0 Å². The zero-order valence-electron chi connectivity index (χ0n) is 27.2. The van der Waals surface area contributed by atoms with Crippen LogP contribution in [0.2, 0.25) is 0 Å². The summed E-state index contributed by atoms with van der Waals surface area (Å²) in [6.45, 7) is 1.79. The van der Waals surface area contributed by atoms with Crippen LogP contribution in [-0.4, -0.2) is 47.9 Å². The molecule has 0 aromatic heterocycles. The van der Waals surface area contributed by atoms with E-state index in [0.29, 0.717) is 29.5 Å². The fourth-order valence-corrected chi connectivity index (χ4v) is 5.34. The van der Waals surface area contributed by atoms with Crippen molar-refractivity contribution in [2.24, 2.45) is 0 Å². The van der Waals surface area contributed by atoms with E-state index in [4.69, 9.17) is 14.2 Å². The molecule has 0 aliphatic heterocycles. The average molecular weight is 631 g/mol. The maximum Gasteiger partial charge on any atom is 0.338 e. The first-order chi connectivity index (χ1) is 22.5. The summed E-state index contributed by atoms with van der Waals surface area (Å²) in [5, 5.41) is 11.3. The van der Waals surface area contributed by atoms with Crippen molar-refractivity contribution in [3.05, 3.63) is 108 Å². The molecule has 3 aromatic rings. The molecule has 1 N–H and O–H groups in total. The van der Waals surface area contributed by atoms with Crippen LogP contribution in [0.3, 0.4) is 0 Å². The minimum atomic E-state index is -1.44. The normalized spacial score (nSPS) is 12.9. The van der Waals surface area contributed by atoms with E-state index in [0.717, 1.165) is 19.3 Å². The highest BCUT2D eigenvalue weighted by Gasteiger charge is 2.36. The number of aliphatic hydroxyl groups excluding tert-OH is 1. The number of ether oxygens (including phenoxy) is 3. The summed E-state index contributed by atoms with van der Waals surface area (Å²) >= 11 is 0. The van der Waals surface area contributed by atoms with Crippen molar-refractivity contribution >= 4 is 17.9 Å². The SMILES string of the molecule is CCCCCCCCCCCCCC[C@H](OC(=O)c1ccccc1)[C@@H](OC(=O)c1ccccc1)[C@H](O)COC(=O)c1ccccc1. The molecule has 7 nitrogen and oxygen atoms in total. The highest BCUT2D eigenvalue weighted by atomic mass is 16.6. The standard InChI is InChI=1S/C39H50O7/c1-2-3-4-5-6-7-8-9-10-11-12-22-29-35(45-38(42)32-25-18-14-19-26-32)36(46-39(43)33-27-20-15-21-28-33)34(40)30-44-37(41)31-23-16-13-17-24-31/h13-21,23-28,34-36,40H,2-12,22,29-30H2,1H3/t34-,35+,36+/m1/s1. The van der Waals surface area contributed by atoms with E-state index in [1.165, 1.54) is 51.4 Å². The second kappa shape index (κ2) is 21.7. The fraction of sp³-hybridized carbons (Fsp3) is 0.462. The minimum absolute atomic E-state index is 0.291. The van der Waals surface area contributed by atoms with Crippen LogP contribution in [-0.2, 0) is 14.2 Å². The van der Waals surface area contributed by atoms with Gasteiger partial charge in [-0.25, -0.2) is 14.4 Å². The largest absolute Gasteiger partial charge is 0.459 e. The predicted molar refractivity (Wildman–Crippen MR) is 180 cm³/mol. The molecule has 248 valence electrons. The summed E-state index contributed by atoms with van der Waals surface area (Å²) in [6, 6.07) is 25.4. The molecule has 0 fully saturated rings. The lowest BCUT2D eigenvalue weighted by Crippen LogP contribution is -2.46. The maximum atomic E-state index is 13.2. The van der Waals surface area contributed by atoms with Crippen LogP contribution in [0.4, 0.5) is 0 Å². The van der Waals surface area contributed by atoms with Gasteiger partial charge in [0.15, 0.2) is 6.10 Å². The molecule has 3 atom stereocenters. The molecule has 0 aliphatic carbocycles. The third-order valence-electron chi connectivity index (χ3n) is 8.00. The molecule has 0 spiro atoms. The lowest BCUT2D eigenvalue weighted by atomic mass is 9.99. The molecule has 0 unspecified atom stereocenters. The van der Waals surface area contributed by atoms with Crippen LogP contribution in [0.25, 0.3) is 0 Å². The third-order valence-corrected chi connectivity index (χ3v) is 8.00. The van der Waals surface area contributed by atoms with E-state index in [1.807, 2.05) is 0 Å². The fourth-order valence-electron chi connectivity index (χ4n) is 5.34. The van der Waals surface area contributed by atoms with Gasteiger partial charge in [-0.1, -0.05) is 132 Å². The van der Waals surface area contributed by atoms with Gasteiger partial charge in [-0.2, -0.15) is 0 Å². The molecule has 3 aromatic carbocycles. The van der Waals surface area contributed by atoms with Gasteiger partial charge >= 0.3 is 17.9 Å². The number of benzene rings is 3. The number of rotatable bonds is 22. The molecule has 3 rings (SSSR count). The quantitative estimate of drug-likeness (QED) is 0.0673. The Morgan fingerprint density at radius 1 is 0.543 bits per heavy atom. The Hall–Kier alpha value is -3.97. The van der Waals surface area contributed by atoms with Crippen molar-refractivity contribution in [2.45, 2.75) is 109 Å². The lowest BCUT2D eigenvalue weighted by molar-refractivity contribution is -0.0976. The van der Waals surface area contributed by atoms with E-state index < -0.39 is 42.8 Å². The molecule has 7 heteroatoms. The molecule has 0 heterocycles. The summed E-state index contributed by atoms with van der Waals surface area (Å²) in [7, 11) is 0. The van der Waals surface area contributed by atoms with Crippen molar-refractivity contribution in [3.63, 3.8) is 0 Å². The van der Waals surface area contributed by atoms with E-state index in [-0.39, 0.29) is 0 Å². The van der Waals surface area contributed by atoms with Crippen LogP contribution >= 0.6 is 0 Å². The number of aliphatic hydroxyl groups is 1. The Morgan fingerprint density at radius 2 is 0.935 bits per heavy atom. The zero-order chi connectivity index (χ0) is 32.8. The van der Waals surface area contributed by atoms with Crippen molar-refractivity contribution in [1.82, 2.24) is 0 Å². The van der Waals surface area contributed by atoms with Crippen LogP contribution in [0.5, 0.6) is 0 Å². The second-order valence-corrected chi connectivity index (χ2v) is 11.8. The van der Waals surface area contributed by atoms with Gasteiger partial charge in [-0.05, 0) is 49.2 Å². The van der Waals surface area contributed by atoms with Crippen LogP contribution < -0.4 is 0 Å². The Kier molecular flexibility index (Phi) is 17.2. The summed E-state index contributed by atoms with van der Waals surface area (Å²) in [6.07, 6.45) is 10.8. The maximum absolute atomic E-state index is 13.2. The first-order valence-corrected chi connectivity index (χ1v) is 16.9. The molecule has 0 radical (unpaired) electrons. The number of unbranched alkanes of at least 4 members (excludes halogenated alkanes) is 11. The van der Waals surface area contributed by atoms with Crippen LogP contribution in [0.15, 0.2) is 91.0 Å². The lowest BCUT2D eigenvalue weighted by Gasteiger charge is -2.30. The van der Waals surface area contributed by atoms with E-state index in [2.05, 4.69) is 6.92 Å². The molecule has 0 saturated carbocycles. The molecule has 0 saturated heterocycles. The van der Waals surface area contributed by atoms with Gasteiger partial charge in [0.1, 0.15) is 18.8 Å². The molecular formula is C39H50O7. The Balaban J connectivity index is 1.66. The van der Waals surface area contributed by atoms with Crippen molar-refractivity contribution in [3.8, 4) is 0 Å². The third kappa shape index (κ3) is 13.6. The number of hydrogen-bond acceptors (Lipinski definition) is 7. The van der Waals surface area contributed by atoms with E-state index >= 15 is 0 Å². The number of esters is 3. The van der Waals surface area contributed by atoms with Gasteiger partial charge in [-0.15, -0.1) is 0 Å². The monoisotopic (exact) mass is 630 g/mol. The zero-order valence-corrected chi connectivity index (χ0v) is 27.2. The summed E-state index contributed by atoms with van der Waals surface area (Å²) in [5.74, 6) is -1.88. The minimum Gasteiger partial charge on any atom is -0.459 e. The Morgan fingerprint density at radius 3 is 1.39 bits per heavy atom. The van der Waals surface area contributed by atoms with Crippen LogP contribution in [0, 0.1) is 0 Å². The highest BCUT2D eigenvalue weighted by Crippen LogP contribution is 2.22. The number of hydrogen-bond donors (Lipinski definition) is 1. The molecule has 0 aliphatic rings. The molecular weight excluding hydrogens is 580 g/mol. The molecule has 0 bridgehead atoms. The molecule has 46 heavy (non-hydrogen) atoms. The predicted octanol–water partition coefficient (Wildman–Crippen LogP) is 8.75. The van der Waals surface area contributed by atoms with Crippen molar-refractivity contribution in [1.29, 1.82) is 0 Å². The number of carbonyl (C=O) groups excluding carboxylic acids is 3. The van der Waals surface area contributed by atoms with E-state index in [1.54, 1.807) is 91.0 Å². The summed E-state index contributed by atoms with van der Waals surface area (Å²) < 4.78 is 17.2. The smallest absolute Gasteiger partial charge is 0.338 e. The van der Waals surface area contributed by atoms with E-state index in [9.17, 15) is 19.5 Å². The molecule has 0 amide bonds. The summed E-state index contributed by atoms with van der Waals surface area (Å²) in [5.41, 5.74) is 0.968. The second-order valence-electron chi connectivity index (χ2n) is 11.8. The van der Waals surface area contributed by atoms with Gasteiger partial charge < -0.3 is 19.3 Å². The Bertz CT molecular complexity index is 1260. The van der Waals surface area contributed by atoms with Gasteiger partial charge in [-0.3, -0.25) is 0 Å². The number of carbonyl (C=O) groups is 3. The van der Waals surface area contributed by atoms with Crippen molar-refractivity contribution in [2.75, 3.05) is 6.61 Å². The first-order valence-electron chi connectivity index (χ1n) is 16.9. The van der Waals surface area contributed by atoms with Gasteiger partial charge in [0.25, 0.3) is 0 Å². The average Bonchev–Trinajstić information content (AvgIpc) is 3.10. The topological polar surface area (TPSA) is 99.1 Å². The van der Waals surface area contributed by atoms with Gasteiger partial charge in [0.2, 0.25) is 0 Å².